The first-order valence-electron chi connectivity index (χ1n) is 6.92. The van der Waals surface area contributed by atoms with Gasteiger partial charge in [-0.05, 0) is 41.9 Å². The largest absolute Gasteiger partial charge is 0.466 e. The number of carbonyl (C=O) groups is 2. The zero-order valence-corrected chi connectivity index (χ0v) is 13.9. The van der Waals surface area contributed by atoms with Crippen LogP contribution in [-0.2, 0) is 16.0 Å². The van der Waals surface area contributed by atoms with Crippen LogP contribution >= 0.6 is 15.9 Å². The van der Waals surface area contributed by atoms with E-state index in [1.54, 1.807) is 29.7 Å². The van der Waals surface area contributed by atoms with Gasteiger partial charge in [-0.25, -0.2) is 9.78 Å². The molecule has 0 aliphatic heterocycles. The maximum absolute atomic E-state index is 11.7. The van der Waals surface area contributed by atoms with E-state index < -0.39 is 0 Å². The van der Waals surface area contributed by atoms with Crippen LogP contribution in [0.25, 0.3) is 5.65 Å². The molecule has 0 radical (unpaired) electrons. The Labute approximate surface area is 136 Å². The molecule has 0 bridgehead atoms. The van der Waals surface area contributed by atoms with Gasteiger partial charge in [0, 0.05) is 12.7 Å². The molecular weight excluding hydrogens is 352 g/mol. The molecule has 118 valence electrons. The van der Waals surface area contributed by atoms with E-state index in [1.165, 1.54) is 0 Å². The average molecular weight is 369 g/mol. The number of esters is 1. The van der Waals surface area contributed by atoms with Crippen molar-refractivity contribution in [1.29, 1.82) is 0 Å². The fourth-order valence-corrected chi connectivity index (χ4v) is 2.36. The lowest BCUT2D eigenvalue weighted by molar-refractivity contribution is -0.142. The molecule has 2 aromatic rings. The topological polar surface area (TPSA) is 84.7 Å². The van der Waals surface area contributed by atoms with Crippen LogP contribution in [0.4, 0.5) is 10.5 Å². The van der Waals surface area contributed by atoms with Gasteiger partial charge in [-0.1, -0.05) is 0 Å². The van der Waals surface area contributed by atoms with E-state index >= 15 is 0 Å². The Bertz CT molecular complexity index is 699. The van der Waals surface area contributed by atoms with Crippen molar-refractivity contribution in [1.82, 2.24) is 14.7 Å². The van der Waals surface area contributed by atoms with Crippen LogP contribution in [0.2, 0.25) is 0 Å². The first kappa shape index (κ1) is 16.3. The summed E-state index contributed by atoms with van der Waals surface area (Å²) in [6, 6.07) is 3.24. The SMILES string of the molecule is CCNC(=O)Nc1ccc(Br)n2cc(CC(=O)OCC)nc12. The van der Waals surface area contributed by atoms with Crippen molar-refractivity contribution in [2.24, 2.45) is 0 Å². The molecule has 2 heterocycles. The number of carbonyl (C=O) groups excluding carboxylic acids is 2. The lowest BCUT2D eigenvalue weighted by Crippen LogP contribution is -2.28. The summed E-state index contributed by atoms with van der Waals surface area (Å²) in [7, 11) is 0. The smallest absolute Gasteiger partial charge is 0.319 e. The lowest BCUT2D eigenvalue weighted by Gasteiger charge is -2.07. The third-order valence-corrected chi connectivity index (χ3v) is 3.48. The van der Waals surface area contributed by atoms with E-state index in [4.69, 9.17) is 4.74 Å². The molecule has 0 saturated heterocycles. The van der Waals surface area contributed by atoms with Crippen molar-refractivity contribution in [3.8, 4) is 0 Å². The Balaban J connectivity index is 2.31. The number of ether oxygens (including phenoxy) is 1. The fourth-order valence-electron chi connectivity index (χ4n) is 1.96. The molecule has 2 N–H and O–H groups in total. The van der Waals surface area contributed by atoms with Gasteiger partial charge in [-0.2, -0.15) is 0 Å². The zero-order valence-electron chi connectivity index (χ0n) is 12.4. The molecule has 2 amide bonds. The number of amides is 2. The minimum atomic E-state index is -0.333. The summed E-state index contributed by atoms with van der Waals surface area (Å²) in [6.45, 7) is 4.46. The van der Waals surface area contributed by atoms with Crippen LogP contribution < -0.4 is 10.6 Å². The second kappa shape index (κ2) is 7.26. The third kappa shape index (κ3) is 3.76. The lowest BCUT2D eigenvalue weighted by atomic mass is 10.3. The van der Waals surface area contributed by atoms with E-state index in [1.807, 2.05) is 6.92 Å². The molecule has 22 heavy (non-hydrogen) atoms. The second-order valence-electron chi connectivity index (χ2n) is 4.46. The minimum Gasteiger partial charge on any atom is -0.466 e. The summed E-state index contributed by atoms with van der Waals surface area (Å²) in [5.41, 5.74) is 1.69. The van der Waals surface area contributed by atoms with Gasteiger partial charge in [-0.3, -0.25) is 9.20 Å². The molecule has 0 aliphatic rings. The molecule has 0 spiro atoms. The minimum absolute atomic E-state index is 0.0859. The molecule has 0 aromatic carbocycles. The van der Waals surface area contributed by atoms with Gasteiger partial charge in [0.1, 0.15) is 0 Å². The molecule has 0 unspecified atom stereocenters. The van der Waals surface area contributed by atoms with Gasteiger partial charge in [0.05, 0.1) is 29.0 Å². The summed E-state index contributed by atoms with van der Waals surface area (Å²) in [6.07, 6.45) is 1.82. The number of hydrogen-bond donors (Lipinski definition) is 2. The summed E-state index contributed by atoms with van der Waals surface area (Å²) in [5.74, 6) is -0.333. The summed E-state index contributed by atoms with van der Waals surface area (Å²) >= 11 is 3.42. The molecule has 7 nitrogen and oxygen atoms in total. The maximum atomic E-state index is 11.7. The first-order valence-corrected chi connectivity index (χ1v) is 7.71. The van der Waals surface area contributed by atoms with Gasteiger partial charge < -0.3 is 15.4 Å². The second-order valence-corrected chi connectivity index (χ2v) is 5.27. The van der Waals surface area contributed by atoms with E-state index in [-0.39, 0.29) is 18.4 Å². The summed E-state index contributed by atoms with van der Waals surface area (Å²) < 4.78 is 7.45. The highest BCUT2D eigenvalue weighted by Gasteiger charge is 2.13. The van der Waals surface area contributed by atoms with E-state index in [0.29, 0.717) is 30.2 Å². The van der Waals surface area contributed by atoms with Crippen molar-refractivity contribution in [2.75, 3.05) is 18.5 Å². The van der Waals surface area contributed by atoms with Crippen LogP contribution in [-0.4, -0.2) is 34.5 Å². The Morgan fingerprint density at radius 1 is 1.36 bits per heavy atom. The number of imidazole rings is 1. The molecule has 8 heteroatoms. The molecule has 0 atom stereocenters. The third-order valence-electron chi connectivity index (χ3n) is 2.83. The van der Waals surface area contributed by atoms with Crippen LogP contribution in [0.15, 0.2) is 22.9 Å². The van der Waals surface area contributed by atoms with Gasteiger partial charge in [0.15, 0.2) is 5.65 Å². The Morgan fingerprint density at radius 2 is 2.14 bits per heavy atom. The highest BCUT2D eigenvalue weighted by molar-refractivity contribution is 9.10. The van der Waals surface area contributed by atoms with Gasteiger partial charge in [-0.15, -0.1) is 0 Å². The first-order chi connectivity index (χ1) is 10.5. The highest BCUT2D eigenvalue weighted by Crippen LogP contribution is 2.22. The van der Waals surface area contributed by atoms with Crippen molar-refractivity contribution >= 4 is 39.3 Å². The van der Waals surface area contributed by atoms with E-state index in [0.717, 1.165) is 4.60 Å². The van der Waals surface area contributed by atoms with Crippen LogP contribution in [0.1, 0.15) is 19.5 Å². The fraction of sp³-hybridized carbons (Fsp3) is 0.357. The number of nitrogens with zero attached hydrogens (tertiary/aromatic N) is 2. The Morgan fingerprint density at radius 3 is 2.82 bits per heavy atom. The van der Waals surface area contributed by atoms with Crippen molar-refractivity contribution in [3.05, 3.63) is 28.6 Å². The monoisotopic (exact) mass is 368 g/mol. The van der Waals surface area contributed by atoms with Gasteiger partial charge in [0.2, 0.25) is 0 Å². The standard InChI is InChI=1S/C14H17BrN4O3/c1-3-16-14(21)18-10-5-6-11(15)19-8-9(17-13(10)19)7-12(20)22-4-2/h5-6,8H,3-4,7H2,1-2H3,(H2,16,18,21). The number of urea groups is 1. The van der Waals surface area contributed by atoms with Gasteiger partial charge >= 0.3 is 12.0 Å². The summed E-state index contributed by atoms with van der Waals surface area (Å²) in [5, 5.41) is 5.39. The number of fused-ring (bicyclic) bond motifs is 1. The Kier molecular flexibility index (Phi) is 5.37. The number of pyridine rings is 1. The number of halogens is 1. The van der Waals surface area contributed by atoms with Gasteiger partial charge in [0.25, 0.3) is 0 Å². The number of rotatable bonds is 5. The van der Waals surface area contributed by atoms with Crippen molar-refractivity contribution in [3.63, 3.8) is 0 Å². The predicted molar refractivity (Wildman–Crippen MR) is 85.9 cm³/mol. The number of aromatic nitrogens is 2. The average Bonchev–Trinajstić information content (AvgIpc) is 2.87. The van der Waals surface area contributed by atoms with E-state index in [2.05, 4.69) is 31.5 Å². The predicted octanol–water partition coefficient (Wildman–Crippen LogP) is 2.34. The molecule has 2 rings (SSSR count). The number of anilines is 1. The maximum Gasteiger partial charge on any atom is 0.319 e. The molecule has 0 aliphatic carbocycles. The molecule has 2 aromatic heterocycles. The number of hydrogen-bond acceptors (Lipinski definition) is 4. The molecule has 0 fully saturated rings. The number of nitrogens with one attached hydrogen (secondary N) is 2. The van der Waals surface area contributed by atoms with Crippen LogP contribution in [0.3, 0.4) is 0 Å². The van der Waals surface area contributed by atoms with Crippen molar-refractivity contribution in [2.45, 2.75) is 20.3 Å². The normalized spacial score (nSPS) is 10.5. The highest BCUT2D eigenvalue weighted by atomic mass is 79.9. The van der Waals surface area contributed by atoms with Crippen LogP contribution in [0, 0.1) is 0 Å². The van der Waals surface area contributed by atoms with E-state index in [9.17, 15) is 9.59 Å². The summed E-state index contributed by atoms with van der Waals surface area (Å²) in [4.78, 5) is 27.6. The molecule has 0 saturated carbocycles. The zero-order chi connectivity index (χ0) is 16.1. The molecular formula is C14H17BrN4O3. The van der Waals surface area contributed by atoms with Crippen LogP contribution in [0.5, 0.6) is 0 Å². The van der Waals surface area contributed by atoms with Crippen molar-refractivity contribution < 1.29 is 14.3 Å². The Hall–Kier alpha value is -2.09. The quantitative estimate of drug-likeness (QED) is 0.626.